The average Bonchev–Trinajstić information content (AvgIpc) is 2.46. The molecule has 1 amide bonds. The van der Waals surface area contributed by atoms with Gasteiger partial charge in [-0.1, -0.05) is 6.07 Å². The van der Waals surface area contributed by atoms with E-state index in [4.69, 9.17) is 0 Å². The normalized spacial score (nSPS) is 11.5. The summed E-state index contributed by atoms with van der Waals surface area (Å²) in [5.74, 6) is -0.284. The number of carbonyl (C=O) groups is 1. The van der Waals surface area contributed by atoms with Crippen LogP contribution in [0.1, 0.15) is 24.2 Å². The minimum Gasteiger partial charge on any atom is -0.322 e. The van der Waals surface area contributed by atoms with Crippen LogP contribution in [0.4, 0.5) is 5.69 Å². The van der Waals surface area contributed by atoms with Gasteiger partial charge in [-0.25, -0.2) is 13.1 Å². The monoisotopic (exact) mass is 444 g/mol. The van der Waals surface area contributed by atoms with Crippen LogP contribution >= 0.6 is 22.6 Å². The maximum Gasteiger partial charge on any atom is 0.255 e. The van der Waals surface area contributed by atoms with Crippen LogP contribution in [0.2, 0.25) is 0 Å². The van der Waals surface area contributed by atoms with Gasteiger partial charge in [0.15, 0.2) is 0 Å². The Kier molecular flexibility index (Phi) is 5.77. The van der Waals surface area contributed by atoms with Gasteiger partial charge >= 0.3 is 0 Å². The largest absolute Gasteiger partial charge is 0.322 e. The fraction of sp³-hybridized carbons (Fsp3) is 0.188. The Bertz CT molecular complexity index is 802. The molecule has 0 unspecified atom stereocenters. The van der Waals surface area contributed by atoms with Crippen molar-refractivity contribution in [2.75, 3.05) is 5.32 Å². The molecular formula is C16H17IN2O3S. The molecule has 0 fully saturated rings. The van der Waals surface area contributed by atoms with Crippen LogP contribution in [0.15, 0.2) is 53.4 Å². The number of hydrogen-bond donors (Lipinski definition) is 2. The summed E-state index contributed by atoms with van der Waals surface area (Å²) in [4.78, 5) is 12.3. The van der Waals surface area contributed by atoms with Gasteiger partial charge in [0.05, 0.1) is 4.90 Å². The Hall–Kier alpha value is -1.45. The Labute approximate surface area is 149 Å². The zero-order chi connectivity index (χ0) is 17.0. The minimum atomic E-state index is -3.55. The summed E-state index contributed by atoms with van der Waals surface area (Å²) in [7, 11) is -3.55. The molecule has 23 heavy (non-hydrogen) atoms. The fourth-order valence-electron chi connectivity index (χ4n) is 1.93. The number of benzene rings is 2. The Morgan fingerprint density at radius 1 is 1.09 bits per heavy atom. The van der Waals surface area contributed by atoms with Gasteiger partial charge in [-0.15, -0.1) is 0 Å². The fourth-order valence-corrected chi connectivity index (χ4v) is 3.73. The van der Waals surface area contributed by atoms with Crippen molar-refractivity contribution in [1.82, 2.24) is 4.72 Å². The quantitative estimate of drug-likeness (QED) is 0.696. The minimum absolute atomic E-state index is 0.136. The van der Waals surface area contributed by atoms with Crippen LogP contribution in [0, 0.1) is 3.57 Å². The van der Waals surface area contributed by atoms with E-state index in [9.17, 15) is 13.2 Å². The molecule has 0 heterocycles. The molecule has 0 spiro atoms. The Morgan fingerprint density at radius 3 is 2.30 bits per heavy atom. The van der Waals surface area contributed by atoms with E-state index in [-0.39, 0.29) is 16.8 Å². The molecule has 0 aliphatic heterocycles. The van der Waals surface area contributed by atoms with Crippen LogP contribution in [0.25, 0.3) is 0 Å². The molecule has 0 aliphatic carbocycles. The van der Waals surface area contributed by atoms with Crippen molar-refractivity contribution in [3.63, 3.8) is 0 Å². The highest BCUT2D eigenvalue weighted by Crippen LogP contribution is 2.15. The van der Waals surface area contributed by atoms with Gasteiger partial charge in [0, 0.05) is 20.9 Å². The van der Waals surface area contributed by atoms with E-state index in [0.29, 0.717) is 11.3 Å². The van der Waals surface area contributed by atoms with Crippen molar-refractivity contribution in [2.24, 2.45) is 0 Å². The van der Waals surface area contributed by atoms with E-state index in [1.165, 1.54) is 24.3 Å². The molecule has 0 aromatic heterocycles. The number of halogens is 1. The molecule has 0 atom stereocenters. The second-order valence-corrected chi connectivity index (χ2v) is 8.22. The number of rotatable bonds is 5. The molecule has 2 rings (SSSR count). The van der Waals surface area contributed by atoms with E-state index in [1.54, 1.807) is 19.9 Å². The molecule has 0 saturated carbocycles. The van der Waals surface area contributed by atoms with Crippen LogP contribution in [-0.2, 0) is 10.0 Å². The van der Waals surface area contributed by atoms with Crippen LogP contribution < -0.4 is 10.0 Å². The van der Waals surface area contributed by atoms with Gasteiger partial charge in [0.25, 0.3) is 5.91 Å². The van der Waals surface area contributed by atoms with Crippen LogP contribution in [0.3, 0.4) is 0 Å². The highest BCUT2D eigenvalue weighted by Gasteiger charge is 2.16. The predicted molar refractivity (Wildman–Crippen MR) is 99.0 cm³/mol. The lowest BCUT2D eigenvalue weighted by Crippen LogP contribution is -2.30. The first-order valence-corrected chi connectivity index (χ1v) is 9.53. The van der Waals surface area contributed by atoms with E-state index in [2.05, 4.69) is 32.6 Å². The van der Waals surface area contributed by atoms with E-state index >= 15 is 0 Å². The highest BCUT2D eigenvalue weighted by atomic mass is 127. The van der Waals surface area contributed by atoms with Gasteiger partial charge in [-0.2, -0.15) is 0 Å². The molecule has 5 nitrogen and oxygen atoms in total. The van der Waals surface area contributed by atoms with Crippen molar-refractivity contribution in [1.29, 1.82) is 0 Å². The molecule has 2 aromatic carbocycles. The summed E-state index contributed by atoms with van der Waals surface area (Å²) in [6.45, 7) is 3.50. The number of sulfonamides is 1. The molecule has 0 bridgehead atoms. The third-order valence-electron chi connectivity index (χ3n) is 2.90. The highest BCUT2D eigenvalue weighted by molar-refractivity contribution is 14.1. The summed E-state index contributed by atoms with van der Waals surface area (Å²) in [6.07, 6.45) is 0. The zero-order valence-corrected chi connectivity index (χ0v) is 15.7. The van der Waals surface area contributed by atoms with E-state index in [1.807, 2.05) is 18.2 Å². The summed E-state index contributed by atoms with van der Waals surface area (Å²) in [6, 6.07) is 13.1. The van der Waals surface area contributed by atoms with Crippen molar-refractivity contribution >= 4 is 44.2 Å². The third kappa shape index (κ3) is 5.02. The number of amides is 1. The number of carbonyl (C=O) groups excluding carboxylic acids is 1. The summed E-state index contributed by atoms with van der Waals surface area (Å²) in [5.41, 5.74) is 1.09. The van der Waals surface area contributed by atoms with E-state index < -0.39 is 10.0 Å². The Morgan fingerprint density at radius 2 is 1.74 bits per heavy atom. The van der Waals surface area contributed by atoms with Gasteiger partial charge in [0.1, 0.15) is 0 Å². The maximum absolute atomic E-state index is 12.2. The molecule has 0 saturated heterocycles. The van der Waals surface area contributed by atoms with Gasteiger partial charge < -0.3 is 5.32 Å². The first-order chi connectivity index (χ1) is 10.8. The van der Waals surface area contributed by atoms with Crippen molar-refractivity contribution in [3.8, 4) is 0 Å². The molecule has 2 aromatic rings. The van der Waals surface area contributed by atoms with Crippen molar-refractivity contribution in [3.05, 3.63) is 57.7 Å². The lowest BCUT2D eigenvalue weighted by atomic mass is 10.2. The van der Waals surface area contributed by atoms with Crippen LogP contribution in [-0.4, -0.2) is 20.4 Å². The molecule has 2 N–H and O–H groups in total. The lowest BCUT2D eigenvalue weighted by Gasteiger charge is -2.10. The second-order valence-electron chi connectivity index (χ2n) is 5.26. The molecule has 7 heteroatoms. The maximum atomic E-state index is 12.2. The van der Waals surface area contributed by atoms with Gasteiger partial charge in [0.2, 0.25) is 10.0 Å². The first-order valence-electron chi connectivity index (χ1n) is 6.97. The summed E-state index contributed by atoms with van der Waals surface area (Å²) < 4.78 is 27.6. The average molecular weight is 444 g/mol. The standard InChI is InChI=1S/C16H17IN2O3S/c1-11(2)19-23(21,22)15-8-6-12(7-9-15)16(20)18-14-5-3-4-13(17)10-14/h3-11,19H,1-2H3,(H,18,20). The van der Waals surface area contributed by atoms with Gasteiger partial charge in [-0.3, -0.25) is 4.79 Å². The smallest absolute Gasteiger partial charge is 0.255 e. The summed E-state index contributed by atoms with van der Waals surface area (Å²) in [5, 5.41) is 2.78. The Balaban J connectivity index is 2.14. The SMILES string of the molecule is CC(C)NS(=O)(=O)c1ccc(C(=O)Nc2cccc(I)c2)cc1. The van der Waals surface area contributed by atoms with Crippen molar-refractivity contribution in [2.45, 2.75) is 24.8 Å². The number of nitrogens with one attached hydrogen (secondary N) is 2. The third-order valence-corrected chi connectivity index (χ3v) is 5.25. The topological polar surface area (TPSA) is 75.3 Å². The van der Waals surface area contributed by atoms with Gasteiger partial charge in [-0.05, 0) is 78.9 Å². The number of anilines is 1. The lowest BCUT2D eigenvalue weighted by molar-refractivity contribution is 0.102. The molecule has 122 valence electrons. The number of hydrogen-bond acceptors (Lipinski definition) is 3. The molecular weight excluding hydrogens is 427 g/mol. The summed E-state index contributed by atoms with van der Waals surface area (Å²) >= 11 is 2.16. The predicted octanol–water partition coefficient (Wildman–Crippen LogP) is 3.23. The molecule has 0 aliphatic rings. The van der Waals surface area contributed by atoms with E-state index in [0.717, 1.165) is 3.57 Å². The zero-order valence-electron chi connectivity index (χ0n) is 12.7. The van der Waals surface area contributed by atoms with Crippen molar-refractivity contribution < 1.29 is 13.2 Å². The molecule has 0 radical (unpaired) electrons. The first kappa shape index (κ1) is 17.9. The van der Waals surface area contributed by atoms with Crippen LogP contribution in [0.5, 0.6) is 0 Å². The second kappa shape index (κ2) is 7.41.